The molecule has 7 nitrogen and oxygen atoms in total. The molecule has 1 aromatic carbocycles. The van der Waals surface area contributed by atoms with Crippen molar-refractivity contribution in [3.63, 3.8) is 0 Å². The second kappa shape index (κ2) is 9.56. The molecular weight excluding hydrogens is 346 g/mol. The van der Waals surface area contributed by atoms with E-state index in [1.807, 2.05) is 32.9 Å². The fraction of sp³-hybridized carbons (Fsp3) is 0.350. The van der Waals surface area contributed by atoms with Crippen LogP contribution in [0.15, 0.2) is 29.1 Å². The van der Waals surface area contributed by atoms with Gasteiger partial charge in [-0.15, -0.1) is 0 Å². The highest BCUT2D eigenvalue weighted by Crippen LogP contribution is 2.28. The third-order valence-corrected chi connectivity index (χ3v) is 3.69. The van der Waals surface area contributed by atoms with Gasteiger partial charge in [0, 0.05) is 18.5 Å². The molecular formula is C20H25N3O4. The molecule has 0 aliphatic heterocycles. The van der Waals surface area contributed by atoms with Crippen LogP contribution < -0.4 is 20.3 Å². The number of aromatic amines is 1. The number of carbonyl (C=O) groups is 1. The van der Waals surface area contributed by atoms with Gasteiger partial charge in [0.15, 0.2) is 18.1 Å². The number of aromatic nitrogens is 2. The van der Waals surface area contributed by atoms with E-state index in [4.69, 9.17) is 9.47 Å². The number of methoxy groups -OCH3 is 1. The van der Waals surface area contributed by atoms with E-state index < -0.39 is 0 Å². The molecule has 2 N–H and O–H groups in total. The van der Waals surface area contributed by atoms with Gasteiger partial charge in [-0.3, -0.25) is 9.59 Å². The summed E-state index contributed by atoms with van der Waals surface area (Å²) in [6, 6.07) is 6.81. The topological polar surface area (TPSA) is 93.3 Å². The first-order valence-electron chi connectivity index (χ1n) is 8.79. The lowest BCUT2D eigenvalue weighted by Crippen LogP contribution is -2.28. The highest BCUT2D eigenvalue weighted by molar-refractivity contribution is 5.77. The van der Waals surface area contributed by atoms with E-state index in [0.717, 1.165) is 5.56 Å². The van der Waals surface area contributed by atoms with Crippen molar-refractivity contribution in [3.8, 4) is 11.5 Å². The van der Waals surface area contributed by atoms with Gasteiger partial charge in [0.05, 0.1) is 12.8 Å². The number of nitrogens with one attached hydrogen (secondary N) is 2. The first-order valence-corrected chi connectivity index (χ1v) is 8.79. The summed E-state index contributed by atoms with van der Waals surface area (Å²) in [4.78, 5) is 30.4. The van der Waals surface area contributed by atoms with Crippen LogP contribution in [0.1, 0.15) is 43.8 Å². The smallest absolute Gasteiger partial charge is 0.257 e. The molecule has 1 amide bonds. The maximum atomic E-state index is 11.7. The van der Waals surface area contributed by atoms with E-state index in [0.29, 0.717) is 29.6 Å². The number of ether oxygens (including phenoxy) is 2. The van der Waals surface area contributed by atoms with Crippen LogP contribution in [0, 0.1) is 0 Å². The number of carbonyl (C=O) groups excluding carboxylic acids is 1. The fourth-order valence-corrected chi connectivity index (χ4v) is 2.33. The molecule has 0 saturated carbocycles. The zero-order valence-corrected chi connectivity index (χ0v) is 16.0. The standard InChI is InChI=1S/C20H25N3O4/c1-5-21-19(25)12-27-16-9-7-14(10-17(16)26-4)6-8-15-11-18(24)23-20(22-15)13(2)3/h6-11,13H,5,12H2,1-4H3,(H,21,25)(H,22,23,24)/b8-6+. The summed E-state index contributed by atoms with van der Waals surface area (Å²) in [6.45, 7) is 6.26. The predicted octanol–water partition coefficient (Wildman–Crippen LogP) is 2.59. The summed E-state index contributed by atoms with van der Waals surface area (Å²) >= 11 is 0. The largest absolute Gasteiger partial charge is 0.493 e. The molecule has 0 aliphatic carbocycles. The van der Waals surface area contributed by atoms with Gasteiger partial charge in [-0.1, -0.05) is 26.0 Å². The normalized spacial score (nSPS) is 11.0. The second-order valence-corrected chi connectivity index (χ2v) is 6.20. The van der Waals surface area contributed by atoms with Gasteiger partial charge in [0.2, 0.25) is 0 Å². The van der Waals surface area contributed by atoms with Crippen molar-refractivity contribution in [3.05, 3.63) is 51.7 Å². The maximum Gasteiger partial charge on any atom is 0.257 e. The monoisotopic (exact) mass is 371 g/mol. The maximum absolute atomic E-state index is 11.7. The lowest BCUT2D eigenvalue weighted by atomic mass is 10.1. The number of nitrogens with zero attached hydrogens (tertiary/aromatic N) is 1. The summed E-state index contributed by atoms with van der Waals surface area (Å²) in [6.07, 6.45) is 3.60. The van der Waals surface area contributed by atoms with Crippen LogP contribution in [0.2, 0.25) is 0 Å². The molecule has 0 aliphatic rings. The molecule has 2 rings (SSSR count). The van der Waals surface area contributed by atoms with E-state index >= 15 is 0 Å². The minimum absolute atomic E-state index is 0.0753. The molecule has 0 spiro atoms. The molecule has 1 aromatic heterocycles. The zero-order chi connectivity index (χ0) is 19.8. The van der Waals surface area contributed by atoms with Gasteiger partial charge >= 0.3 is 0 Å². The Kier molecular flexibility index (Phi) is 7.16. The van der Waals surface area contributed by atoms with E-state index in [-0.39, 0.29) is 24.0 Å². The Hall–Kier alpha value is -3.09. The molecule has 0 atom stereocenters. The highest BCUT2D eigenvalue weighted by atomic mass is 16.5. The van der Waals surface area contributed by atoms with Gasteiger partial charge in [-0.05, 0) is 30.7 Å². The Bertz CT molecular complexity index is 872. The Morgan fingerprint density at radius 1 is 1.26 bits per heavy atom. The molecule has 7 heteroatoms. The number of hydrogen-bond donors (Lipinski definition) is 2. The second-order valence-electron chi connectivity index (χ2n) is 6.20. The summed E-state index contributed by atoms with van der Waals surface area (Å²) in [5, 5.41) is 2.67. The minimum atomic E-state index is -0.190. The first kappa shape index (κ1) is 20.2. The Balaban J connectivity index is 2.16. The summed E-state index contributed by atoms with van der Waals surface area (Å²) in [5.41, 5.74) is 1.25. The lowest BCUT2D eigenvalue weighted by molar-refractivity contribution is -0.123. The number of rotatable bonds is 8. The molecule has 0 radical (unpaired) electrons. The molecule has 0 fully saturated rings. The van der Waals surface area contributed by atoms with Crippen LogP contribution in [0.5, 0.6) is 11.5 Å². The van der Waals surface area contributed by atoms with Gasteiger partial charge in [0.25, 0.3) is 11.5 Å². The van der Waals surface area contributed by atoms with Crippen molar-refractivity contribution >= 4 is 18.1 Å². The average molecular weight is 371 g/mol. The van der Waals surface area contributed by atoms with Crippen molar-refractivity contribution < 1.29 is 14.3 Å². The van der Waals surface area contributed by atoms with Crippen LogP contribution in [0.3, 0.4) is 0 Å². The van der Waals surface area contributed by atoms with Gasteiger partial charge < -0.3 is 19.8 Å². The quantitative estimate of drug-likeness (QED) is 0.744. The number of amides is 1. The van der Waals surface area contributed by atoms with Crippen LogP contribution in [-0.2, 0) is 4.79 Å². The van der Waals surface area contributed by atoms with Gasteiger partial charge in [-0.25, -0.2) is 4.98 Å². The van der Waals surface area contributed by atoms with Gasteiger partial charge in [0.1, 0.15) is 5.82 Å². The van der Waals surface area contributed by atoms with Crippen LogP contribution in [0.4, 0.5) is 0 Å². The summed E-state index contributed by atoms with van der Waals surface area (Å²) < 4.78 is 10.8. The van der Waals surface area contributed by atoms with Crippen molar-refractivity contribution in [2.75, 3.05) is 20.3 Å². The third-order valence-electron chi connectivity index (χ3n) is 3.69. The number of likely N-dealkylation sites (N-methyl/N-ethyl adjacent to an activating group) is 1. The Morgan fingerprint density at radius 3 is 2.70 bits per heavy atom. The molecule has 27 heavy (non-hydrogen) atoms. The van der Waals surface area contributed by atoms with E-state index in [1.165, 1.54) is 13.2 Å². The van der Waals surface area contributed by atoms with Crippen molar-refractivity contribution in [2.45, 2.75) is 26.7 Å². The molecule has 2 aromatic rings. The minimum Gasteiger partial charge on any atom is -0.493 e. The lowest BCUT2D eigenvalue weighted by Gasteiger charge is -2.11. The first-order chi connectivity index (χ1) is 12.9. The molecule has 144 valence electrons. The Morgan fingerprint density at radius 2 is 2.04 bits per heavy atom. The van der Waals surface area contributed by atoms with E-state index in [9.17, 15) is 9.59 Å². The number of hydrogen-bond acceptors (Lipinski definition) is 5. The van der Waals surface area contributed by atoms with Crippen molar-refractivity contribution in [1.29, 1.82) is 0 Å². The molecule has 0 bridgehead atoms. The van der Waals surface area contributed by atoms with Crippen LogP contribution >= 0.6 is 0 Å². The Labute approximate surface area is 158 Å². The zero-order valence-electron chi connectivity index (χ0n) is 16.0. The third kappa shape index (κ3) is 5.99. The van der Waals surface area contributed by atoms with E-state index in [1.54, 1.807) is 18.2 Å². The number of H-pyrrole nitrogens is 1. The van der Waals surface area contributed by atoms with Crippen LogP contribution in [0.25, 0.3) is 12.2 Å². The van der Waals surface area contributed by atoms with Crippen LogP contribution in [-0.4, -0.2) is 36.1 Å². The van der Waals surface area contributed by atoms with E-state index in [2.05, 4.69) is 15.3 Å². The van der Waals surface area contributed by atoms with Crippen molar-refractivity contribution in [2.24, 2.45) is 0 Å². The fourth-order valence-electron chi connectivity index (χ4n) is 2.33. The highest BCUT2D eigenvalue weighted by Gasteiger charge is 2.08. The SMILES string of the molecule is CCNC(=O)COc1ccc(/C=C/c2cc(=O)[nH]c(C(C)C)n2)cc1OC. The molecule has 0 saturated heterocycles. The predicted molar refractivity (Wildman–Crippen MR) is 105 cm³/mol. The summed E-state index contributed by atoms with van der Waals surface area (Å²) in [7, 11) is 1.54. The molecule has 0 unspecified atom stereocenters. The van der Waals surface area contributed by atoms with Gasteiger partial charge in [-0.2, -0.15) is 0 Å². The van der Waals surface area contributed by atoms with Crippen molar-refractivity contribution in [1.82, 2.24) is 15.3 Å². The average Bonchev–Trinajstić information content (AvgIpc) is 2.64. The molecule has 1 heterocycles. The number of benzene rings is 1. The summed E-state index contributed by atoms with van der Waals surface area (Å²) in [5.74, 6) is 1.59.